The minimum absolute atomic E-state index is 0.0995. The lowest BCUT2D eigenvalue weighted by Crippen LogP contribution is -2.31. The second kappa shape index (κ2) is 6.15. The molecule has 0 radical (unpaired) electrons. The van der Waals surface area contributed by atoms with Crippen LogP contribution in [0.3, 0.4) is 0 Å². The van der Waals surface area contributed by atoms with Crippen LogP contribution in [-0.4, -0.2) is 38.3 Å². The number of amides is 1. The molecule has 0 aliphatic carbocycles. The summed E-state index contributed by atoms with van der Waals surface area (Å²) in [6.07, 6.45) is 3.17. The first kappa shape index (κ1) is 16.1. The first-order valence-corrected chi connectivity index (χ1v) is 9.46. The third-order valence-corrected chi connectivity index (χ3v) is 5.27. The smallest absolute Gasteiger partial charge is 0.253 e. The van der Waals surface area contributed by atoms with Crippen molar-refractivity contribution in [1.29, 1.82) is 0 Å². The van der Waals surface area contributed by atoms with Gasteiger partial charge in [-0.2, -0.15) is 4.98 Å². The molecule has 25 heavy (non-hydrogen) atoms. The number of hydrogen-bond acceptors (Lipinski definition) is 5. The summed E-state index contributed by atoms with van der Waals surface area (Å²) in [4.78, 5) is 23.7. The quantitative estimate of drug-likeness (QED) is 0.677. The number of carbonyl (C=O) groups excluding carboxylic acids is 1. The fraction of sp³-hybridized carbons (Fsp3) is 0.333. The number of aryl methyl sites for hydroxylation is 2. The molecule has 2 aromatic heterocycles. The molecule has 0 atom stereocenters. The molecule has 0 N–H and O–H groups in total. The van der Waals surface area contributed by atoms with E-state index in [1.165, 1.54) is 17.3 Å². The topological polar surface area (TPSA) is 63.4 Å². The zero-order valence-corrected chi connectivity index (χ0v) is 15.3. The van der Waals surface area contributed by atoms with Crippen molar-refractivity contribution >= 4 is 29.1 Å². The Hall–Kier alpha value is -2.41. The monoisotopic (exact) mass is 353 g/mol. The number of benzene rings is 1. The Labute approximate surface area is 150 Å². The average Bonchev–Trinajstić information content (AvgIpc) is 3.22. The van der Waals surface area contributed by atoms with E-state index in [4.69, 9.17) is 0 Å². The Bertz CT molecular complexity index is 981. The van der Waals surface area contributed by atoms with E-state index in [1.54, 1.807) is 4.52 Å². The number of fused-ring (bicyclic) bond motifs is 2. The number of para-hydroxylation sites is 1. The molecule has 0 spiro atoms. The van der Waals surface area contributed by atoms with Crippen molar-refractivity contribution in [3.8, 4) is 0 Å². The number of anilines is 1. The number of aromatic nitrogens is 4. The van der Waals surface area contributed by atoms with Crippen molar-refractivity contribution < 1.29 is 4.79 Å². The van der Waals surface area contributed by atoms with Crippen LogP contribution in [0.2, 0.25) is 0 Å². The number of rotatable bonds is 3. The van der Waals surface area contributed by atoms with Gasteiger partial charge in [0.15, 0.2) is 0 Å². The average molecular weight is 353 g/mol. The Morgan fingerprint density at radius 1 is 1.24 bits per heavy atom. The molecule has 7 heteroatoms. The molecule has 0 fully saturated rings. The molecule has 0 unspecified atom stereocenters. The van der Waals surface area contributed by atoms with Gasteiger partial charge >= 0.3 is 0 Å². The normalized spacial score (nSPS) is 13.5. The van der Waals surface area contributed by atoms with Crippen molar-refractivity contribution in [2.75, 3.05) is 17.7 Å². The van der Waals surface area contributed by atoms with Gasteiger partial charge in [0.05, 0.1) is 6.42 Å². The molecule has 1 aliphatic heterocycles. The van der Waals surface area contributed by atoms with Crippen molar-refractivity contribution in [2.24, 2.45) is 0 Å². The third-order valence-electron chi connectivity index (χ3n) is 4.73. The first-order valence-electron chi connectivity index (χ1n) is 8.23. The number of hydrogen-bond donors (Lipinski definition) is 0. The fourth-order valence-electron chi connectivity index (χ4n) is 3.38. The third kappa shape index (κ3) is 2.68. The van der Waals surface area contributed by atoms with Crippen molar-refractivity contribution in [3.05, 3.63) is 46.8 Å². The molecule has 0 bridgehead atoms. The lowest BCUT2D eigenvalue weighted by atomic mass is 10.1. The number of thioether (sulfide) groups is 1. The summed E-state index contributed by atoms with van der Waals surface area (Å²) in [5.74, 6) is 0.685. The van der Waals surface area contributed by atoms with Crippen LogP contribution in [0, 0.1) is 13.8 Å². The molecule has 3 aromatic rings. The Morgan fingerprint density at radius 3 is 2.84 bits per heavy atom. The van der Waals surface area contributed by atoms with Crippen LogP contribution < -0.4 is 4.90 Å². The van der Waals surface area contributed by atoms with E-state index in [0.29, 0.717) is 17.4 Å². The summed E-state index contributed by atoms with van der Waals surface area (Å²) in [7, 11) is 0. The number of carbonyl (C=O) groups is 1. The van der Waals surface area contributed by atoms with Gasteiger partial charge in [0.1, 0.15) is 0 Å². The Kier molecular flexibility index (Phi) is 3.95. The van der Waals surface area contributed by atoms with Gasteiger partial charge in [-0.3, -0.25) is 4.79 Å². The molecule has 128 valence electrons. The summed E-state index contributed by atoms with van der Waals surface area (Å²) in [6, 6.07) is 8.11. The van der Waals surface area contributed by atoms with Crippen LogP contribution in [0.4, 0.5) is 5.69 Å². The zero-order valence-electron chi connectivity index (χ0n) is 14.5. The predicted octanol–water partition coefficient (Wildman–Crippen LogP) is 2.59. The van der Waals surface area contributed by atoms with Crippen LogP contribution in [0.15, 0.2) is 29.4 Å². The molecular weight excluding hydrogens is 334 g/mol. The minimum atomic E-state index is 0.0995. The SMILES string of the molecule is CSc1nc2nc(C)c(CC(=O)N3CCc4ccccc43)c(C)n2n1. The lowest BCUT2D eigenvalue weighted by molar-refractivity contribution is -0.117. The highest BCUT2D eigenvalue weighted by atomic mass is 32.2. The summed E-state index contributed by atoms with van der Waals surface area (Å²) >= 11 is 1.48. The summed E-state index contributed by atoms with van der Waals surface area (Å²) in [5, 5.41) is 5.14. The minimum Gasteiger partial charge on any atom is -0.312 e. The molecule has 3 heterocycles. The second-order valence-corrected chi connectivity index (χ2v) is 6.95. The van der Waals surface area contributed by atoms with E-state index in [-0.39, 0.29) is 5.91 Å². The summed E-state index contributed by atoms with van der Waals surface area (Å²) < 4.78 is 1.74. The van der Waals surface area contributed by atoms with Gasteiger partial charge in [-0.1, -0.05) is 30.0 Å². The van der Waals surface area contributed by atoms with Crippen molar-refractivity contribution in [1.82, 2.24) is 19.6 Å². The zero-order chi connectivity index (χ0) is 17.6. The number of nitrogens with zero attached hydrogens (tertiary/aromatic N) is 5. The van der Waals surface area contributed by atoms with Crippen LogP contribution in [0.25, 0.3) is 5.78 Å². The van der Waals surface area contributed by atoms with Gasteiger partial charge in [0, 0.05) is 29.2 Å². The standard InChI is InChI=1S/C18H19N5OS/c1-11-14(12(2)23-17(19-11)20-18(21-23)25-3)10-16(24)22-9-8-13-6-4-5-7-15(13)22/h4-7H,8-10H2,1-3H3. The molecule has 1 amide bonds. The molecular formula is C18H19N5OS. The molecule has 4 rings (SSSR count). The van der Waals surface area contributed by atoms with Crippen LogP contribution >= 0.6 is 11.8 Å². The Morgan fingerprint density at radius 2 is 2.04 bits per heavy atom. The molecule has 6 nitrogen and oxygen atoms in total. The van der Waals surface area contributed by atoms with Gasteiger partial charge in [-0.25, -0.2) is 9.50 Å². The Balaban J connectivity index is 1.68. The van der Waals surface area contributed by atoms with E-state index in [0.717, 1.165) is 35.6 Å². The molecule has 1 aliphatic rings. The summed E-state index contributed by atoms with van der Waals surface area (Å²) in [5.41, 5.74) is 4.96. The van der Waals surface area contributed by atoms with Gasteiger partial charge in [0.25, 0.3) is 5.78 Å². The largest absolute Gasteiger partial charge is 0.312 e. The second-order valence-electron chi connectivity index (χ2n) is 6.17. The lowest BCUT2D eigenvalue weighted by Gasteiger charge is -2.18. The van der Waals surface area contributed by atoms with E-state index < -0.39 is 0 Å². The highest BCUT2D eigenvalue weighted by Crippen LogP contribution is 2.28. The van der Waals surface area contributed by atoms with Crippen LogP contribution in [-0.2, 0) is 17.6 Å². The predicted molar refractivity (Wildman–Crippen MR) is 98.2 cm³/mol. The first-order chi connectivity index (χ1) is 12.1. The highest BCUT2D eigenvalue weighted by molar-refractivity contribution is 7.98. The van der Waals surface area contributed by atoms with Crippen LogP contribution in [0.5, 0.6) is 0 Å². The van der Waals surface area contributed by atoms with E-state index >= 15 is 0 Å². The maximum Gasteiger partial charge on any atom is 0.253 e. The van der Waals surface area contributed by atoms with Gasteiger partial charge in [-0.15, -0.1) is 5.10 Å². The van der Waals surface area contributed by atoms with Crippen LogP contribution in [0.1, 0.15) is 22.5 Å². The van der Waals surface area contributed by atoms with Crippen molar-refractivity contribution in [3.63, 3.8) is 0 Å². The van der Waals surface area contributed by atoms with Crippen molar-refractivity contribution in [2.45, 2.75) is 31.8 Å². The fourth-order valence-corrected chi connectivity index (χ4v) is 3.71. The van der Waals surface area contributed by atoms with E-state index in [9.17, 15) is 4.79 Å². The van der Waals surface area contributed by atoms with E-state index in [1.807, 2.05) is 43.2 Å². The van der Waals surface area contributed by atoms with Gasteiger partial charge in [-0.05, 0) is 38.2 Å². The molecule has 0 saturated carbocycles. The van der Waals surface area contributed by atoms with Gasteiger partial charge < -0.3 is 4.90 Å². The van der Waals surface area contributed by atoms with E-state index in [2.05, 4.69) is 21.1 Å². The molecule has 1 aromatic carbocycles. The molecule has 0 saturated heterocycles. The maximum atomic E-state index is 12.9. The summed E-state index contributed by atoms with van der Waals surface area (Å²) in [6.45, 7) is 4.65. The maximum absolute atomic E-state index is 12.9. The van der Waals surface area contributed by atoms with Gasteiger partial charge in [0.2, 0.25) is 11.1 Å². The highest BCUT2D eigenvalue weighted by Gasteiger charge is 2.25.